The van der Waals surface area contributed by atoms with Crippen LogP contribution in [-0.2, 0) is 4.79 Å². The van der Waals surface area contributed by atoms with Gasteiger partial charge >= 0.3 is 0 Å². The molecule has 1 atom stereocenters. The molecule has 0 aliphatic rings. The van der Waals surface area contributed by atoms with E-state index in [9.17, 15) is 4.79 Å². The third-order valence-electron chi connectivity index (χ3n) is 1.52. The maximum atomic E-state index is 10.4. The minimum atomic E-state index is -0.751. The fraction of sp³-hybridized carbons (Fsp3) is 0.111. The second-order valence-corrected chi connectivity index (χ2v) is 2.67. The predicted octanol–water partition coefficient (Wildman–Crippen LogP) is 2.15. The molecule has 1 unspecified atom stereocenters. The average Bonchev–Trinajstić information content (AvgIpc) is 2.10. The van der Waals surface area contributed by atoms with Crippen molar-refractivity contribution in [3.8, 4) is 6.07 Å². The Morgan fingerprint density at radius 2 is 2.17 bits per heavy atom. The van der Waals surface area contributed by atoms with Gasteiger partial charge in [0, 0.05) is 5.02 Å². The van der Waals surface area contributed by atoms with Crippen LogP contribution in [0, 0.1) is 11.3 Å². The molecule has 0 aliphatic carbocycles. The van der Waals surface area contributed by atoms with Crippen molar-refractivity contribution in [2.45, 2.75) is 5.92 Å². The van der Waals surface area contributed by atoms with Gasteiger partial charge in [0.25, 0.3) is 0 Å². The first-order valence-electron chi connectivity index (χ1n) is 3.39. The first kappa shape index (κ1) is 8.76. The zero-order valence-corrected chi connectivity index (χ0v) is 6.95. The van der Waals surface area contributed by atoms with Crippen LogP contribution in [0.1, 0.15) is 11.5 Å². The number of hydrogen-bond acceptors (Lipinski definition) is 2. The zero-order valence-electron chi connectivity index (χ0n) is 6.20. The summed E-state index contributed by atoms with van der Waals surface area (Å²) in [7, 11) is 0. The molecule has 60 valence electrons. The van der Waals surface area contributed by atoms with Crippen LogP contribution in [0.15, 0.2) is 24.3 Å². The predicted molar refractivity (Wildman–Crippen MR) is 45.9 cm³/mol. The summed E-state index contributed by atoms with van der Waals surface area (Å²) in [5.41, 5.74) is 0.566. The van der Waals surface area contributed by atoms with Crippen molar-refractivity contribution in [3.63, 3.8) is 0 Å². The van der Waals surface area contributed by atoms with E-state index in [0.717, 1.165) is 0 Å². The lowest BCUT2D eigenvalue weighted by Gasteiger charge is -2.02. The Morgan fingerprint density at radius 3 is 2.67 bits per heavy atom. The van der Waals surface area contributed by atoms with Crippen molar-refractivity contribution in [1.82, 2.24) is 0 Å². The molecule has 0 saturated carbocycles. The molecule has 1 rings (SSSR count). The molecule has 0 bridgehead atoms. The Labute approximate surface area is 75.4 Å². The number of carbonyl (C=O) groups is 1. The van der Waals surface area contributed by atoms with Gasteiger partial charge in [-0.05, 0) is 11.6 Å². The normalized spacial score (nSPS) is 11.7. The molecule has 1 aromatic carbocycles. The maximum absolute atomic E-state index is 10.4. The van der Waals surface area contributed by atoms with Gasteiger partial charge < -0.3 is 4.79 Å². The molecule has 0 spiro atoms. The van der Waals surface area contributed by atoms with E-state index in [-0.39, 0.29) is 0 Å². The number of benzene rings is 1. The molecule has 0 aromatic heterocycles. The van der Waals surface area contributed by atoms with Gasteiger partial charge in [-0.2, -0.15) is 5.26 Å². The summed E-state index contributed by atoms with van der Waals surface area (Å²) in [5.74, 6) is -0.751. The topological polar surface area (TPSA) is 40.9 Å². The highest BCUT2D eigenvalue weighted by Gasteiger charge is 2.11. The lowest BCUT2D eigenvalue weighted by atomic mass is 10.0. The van der Waals surface area contributed by atoms with Gasteiger partial charge in [-0.25, -0.2) is 0 Å². The van der Waals surface area contributed by atoms with Gasteiger partial charge in [0.05, 0.1) is 6.07 Å². The van der Waals surface area contributed by atoms with Gasteiger partial charge in [-0.3, -0.25) is 0 Å². The number of rotatable bonds is 2. The lowest BCUT2D eigenvalue weighted by molar-refractivity contribution is -0.108. The van der Waals surface area contributed by atoms with Crippen molar-refractivity contribution in [1.29, 1.82) is 5.26 Å². The molecule has 1 aromatic rings. The molecule has 0 aliphatic heterocycles. The summed E-state index contributed by atoms with van der Waals surface area (Å²) in [6.45, 7) is 0. The summed E-state index contributed by atoms with van der Waals surface area (Å²) in [5, 5.41) is 9.02. The Morgan fingerprint density at radius 1 is 1.50 bits per heavy atom. The zero-order chi connectivity index (χ0) is 8.97. The minimum Gasteiger partial charge on any atom is -0.302 e. The summed E-state index contributed by atoms with van der Waals surface area (Å²) in [4.78, 5) is 10.4. The average molecular weight is 180 g/mol. The van der Waals surface area contributed by atoms with Crippen LogP contribution in [0.2, 0.25) is 5.02 Å². The van der Waals surface area contributed by atoms with E-state index in [1.807, 2.05) is 6.07 Å². The number of nitrogens with zero attached hydrogens (tertiary/aromatic N) is 1. The highest BCUT2D eigenvalue weighted by molar-refractivity contribution is 6.31. The molecule has 0 heterocycles. The molecule has 0 amide bonds. The van der Waals surface area contributed by atoms with Crippen molar-refractivity contribution in [2.24, 2.45) is 0 Å². The van der Waals surface area contributed by atoms with Crippen LogP contribution in [0.4, 0.5) is 0 Å². The van der Waals surface area contributed by atoms with Crippen molar-refractivity contribution < 1.29 is 4.79 Å². The van der Waals surface area contributed by atoms with E-state index >= 15 is 0 Å². The number of hydrogen-bond donors (Lipinski definition) is 0. The van der Waals surface area contributed by atoms with Gasteiger partial charge in [-0.1, -0.05) is 29.8 Å². The Kier molecular flexibility index (Phi) is 2.84. The molecule has 0 radical (unpaired) electrons. The van der Waals surface area contributed by atoms with E-state index in [4.69, 9.17) is 16.9 Å². The highest BCUT2D eigenvalue weighted by Crippen LogP contribution is 2.21. The fourth-order valence-electron chi connectivity index (χ4n) is 0.901. The number of aldehydes is 1. The van der Waals surface area contributed by atoms with Crippen LogP contribution < -0.4 is 0 Å². The monoisotopic (exact) mass is 179 g/mol. The Balaban J connectivity index is 3.10. The molecule has 2 nitrogen and oxygen atoms in total. The Bertz CT molecular complexity index is 330. The Hall–Kier alpha value is -1.33. The van der Waals surface area contributed by atoms with E-state index in [1.54, 1.807) is 24.3 Å². The smallest absolute Gasteiger partial charge is 0.141 e. The third-order valence-corrected chi connectivity index (χ3v) is 1.86. The van der Waals surface area contributed by atoms with Gasteiger partial charge in [0.2, 0.25) is 0 Å². The molecule has 12 heavy (non-hydrogen) atoms. The first-order valence-corrected chi connectivity index (χ1v) is 3.76. The largest absolute Gasteiger partial charge is 0.302 e. The second-order valence-electron chi connectivity index (χ2n) is 2.26. The standard InChI is InChI=1S/C9H6ClNO/c10-9-4-2-1-3-8(9)7(5-11)6-12/h1-4,6-7H. The quantitative estimate of drug-likeness (QED) is 0.653. The van der Waals surface area contributed by atoms with Crippen molar-refractivity contribution in [3.05, 3.63) is 34.9 Å². The van der Waals surface area contributed by atoms with Crippen LogP contribution in [0.5, 0.6) is 0 Å². The van der Waals surface area contributed by atoms with Crippen LogP contribution >= 0.6 is 11.6 Å². The van der Waals surface area contributed by atoms with Gasteiger partial charge in [0.1, 0.15) is 12.2 Å². The van der Waals surface area contributed by atoms with Crippen molar-refractivity contribution in [2.75, 3.05) is 0 Å². The van der Waals surface area contributed by atoms with Crippen molar-refractivity contribution >= 4 is 17.9 Å². The van der Waals surface area contributed by atoms with Gasteiger partial charge in [0.15, 0.2) is 0 Å². The molecule has 3 heteroatoms. The van der Waals surface area contributed by atoms with E-state index in [0.29, 0.717) is 16.9 Å². The van der Waals surface area contributed by atoms with E-state index < -0.39 is 5.92 Å². The summed E-state index contributed by atoms with van der Waals surface area (Å²) in [6, 6.07) is 8.69. The maximum Gasteiger partial charge on any atom is 0.141 e. The number of carbonyl (C=O) groups excluding carboxylic acids is 1. The molecule has 0 saturated heterocycles. The van der Waals surface area contributed by atoms with Crippen LogP contribution in [0.3, 0.4) is 0 Å². The van der Waals surface area contributed by atoms with Crippen LogP contribution in [-0.4, -0.2) is 6.29 Å². The first-order chi connectivity index (χ1) is 5.79. The summed E-state index contributed by atoms with van der Waals surface area (Å²) < 4.78 is 0. The minimum absolute atomic E-state index is 0.455. The SMILES string of the molecule is N#CC(C=O)c1ccccc1Cl. The molecule has 0 N–H and O–H groups in total. The molecular formula is C9H6ClNO. The lowest BCUT2D eigenvalue weighted by Crippen LogP contribution is -1.96. The van der Waals surface area contributed by atoms with Gasteiger partial charge in [-0.15, -0.1) is 0 Å². The summed E-state index contributed by atoms with van der Waals surface area (Å²) >= 11 is 5.77. The van der Waals surface area contributed by atoms with E-state index in [1.165, 1.54) is 0 Å². The third kappa shape index (κ3) is 1.63. The number of nitriles is 1. The van der Waals surface area contributed by atoms with E-state index in [2.05, 4.69) is 0 Å². The number of halogens is 1. The fourth-order valence-corrected chi connectivity index (χ4v) is 1.15. The second kappa shape index (κ2) is 3.89. The highest BCUT2D eigenvalue weighted by atomic mass is 35.5. The van der Waals surface area contributed by atoms with Crippen LogP contribution in [0.25, 0.3) is 0 Å². The molecular weight excluding hydrogens is 174 g/mol. The summed E-state index contributed by atoms with van der Waals surface area (Å²) in [6.07, 6.45) is 0.585. The molecule has 0 fully saturated rings.